The highest BCUT2D eigenvalue weighted by Crippen LogP contribution is 2.34. The van der Waals surface area contributed by atoms with Gasteiger partial charge in [0.2, 0.25) is 11.8 Å². The zero-order valence-electron chi connectivity index (χ0n) is 18.8. The lowest BCUT2D eigenvalue weighted by molar-refractivity contribution is -0.128. The Kier molecular flexibility index (Phi) is 7.30. The van der Waals surface area contributed by atoms with E-state index in [1.165, 1.54) is 31.0 Å². The molecule has 2 amide bonds. The standard InChI is InChI=1S/C26H31N3O2S/c1-18-13-14-22(19(2)15-18)28-24(30)16-23-25(31)29(17-20-9-5-3-6-10-20)26(32-23)27-21-11-7-4-8-12-21/h4,7-8,11-15,20,23H,3,5-6,9-10,16-17H2,1-2H3,(H,28,30)/t23-/m0/s1. The van der Waals surface area contributed by atoms with Crippen LogP contribution in [0.25, 0.3) is 0 Å². The van der Waals surface area contributed by atoms with Gasteiger partial charge in [0.25, 0.3) is 0 Å². The molecule has 6 heteroatoms. The average molecular weight is 450 g/mol. The van der Waals surface area contributed by atoms with Crippen LogP contribution >= 0.6 is 11.8 Å². The number of carbonyl (C=O) groups is 2. The van der Waals surface area contributed by atoms with Gasteiger partial charge in [-0.3, -0.25) is 14.5 Å². The summed E-state index contributed by atoms with van der Waals surface area (Å²) in [5, 5.41) is 3.26. The van der Waals surface area contributed by atoms with Crippen LogP contribution < -0.4 is 5.32 Å². The summed E-state index contributed by atoms with van der Waals surface area (Å²) in [6.45, 7) is 4.71. The second-order valence-electron chi connectivity index (χ2n) is 8.86. The van der Waals surface area contributed by atoms with Crippen molar-refractivity contribution in [2.45, 2.75) is 57.6 Å². The maximum absolute atomic E-state index is 13.3. The zero-order chi connectivity index (χ0) is 22.5. The van der Waals surface area contributed by atoms with Crippen LogP contribution in [0.4, 0.5) is 11.4 Å². The van der Waals surface area contributed by atoms with Crippen molar-refractivity contribution in [3.05, 3.63) is 59.7 Å². The van der Waals surface area contributed by atoms with Gasteiger partial charge in [-0.1, -0.05) is 66.9 Å². The Morgan fingerprint density at radius 2 is 1.84 bits per heavy atom. The van der Waals surface area contributed by atoms with Crippen LogP contribution in [0, 0.1) is 19.8 Å². The van der Waals surface area contributed by atoms with Crippen LogP contribution in [-0.4, -0.2) is 33.7 Å². The van der Waals surface area contributed by atoms with Crippen LogP contribution in [0.15, 0.2) is 53.5 Å². The van der Waals surface area contributed by atoms with Gasteiger partial charge in [0, 0.05) is 18.7 Å². The van der Waals surface area contributed by atoms with Crippen molar-refractivity contribution < 1.29 is 9.59 Å². The van der Waals surface area contributed by atoms with E-state index in [0.29, 0.717) is 12.5 Å². The van der Waals surface area contributed by atoms with Crippen molar-refractivity contribution in [1.82, 2.24) is 4.90 Å². The van der Waals surface area contributed by atoms with Crippen LogP contribution in [0.2, 0.25) is 0 Å². The van der Waals surface area contributed by atoms with E-state index >= 15 is 0 Å². The summed E-state index contributed by atoms with van der Waals surface area (Å²) in [5.74, 6) is 0.379. The first-order valence-electron chi connectivity index (χ1n) is 11.5. The number of hydrogen-bond acceptors (Lipinski definition) is 4. The van der Waals surface area contributed by atoms with Crippen molar-refractivity contribution in [2.75, 3.05) is 11.9 Å². The summed E-state index contributed by atoms with van der Waals surface area (Å²) in [7, 11) is 0. The second kappa shape index (κ2) is 10.3. The SMILES string of the molecule is Cc1ccc(NC(=O)C[C@@H]2SC(=Nc3ccccc3)N(CC3CCCCC3)C2=O)c(C)c1. The molecular formula is C26H31N3O2S. The minimum Gasteiger partial charge on any atom is -0.326 e. The smallest absolute Gasteiger partial charge is 0.242 e. The lowest BCUT2D eigenvalue weighted by Crippen LogP contribution is -2.37. The van der Waals surface area contributed by atoms with E-state index in [1.807, 2.05) is 67.3 Å². The van der Waals surface area contributed by atoms with Crippen LogP contribution in [0.3, 0.4) is 0 Å². The molecule has 4 rings (SSSR count). The van der Waals surface area contributed by atoms with Crippen molar-refractivity contribution in [3.8, 4) is 0 Å². The maximum atomic E-state index is 13.3. The average Bonchev–Trinajstić information content (AvgIpc) is 3.06. The normalized spacial score (nSPS) is 20.7. The molecule has 32 heavy (non-hydrogen) atoms. The highest BCUT2D eigenvalue weighted by Gasteiger charge is 2.40. The topological polar surface area (TPSA) is 61.8 Å². The Morgan fingerprint density at radius 3 is 2.56 bits per heavy atom. The van der Waals surface area contributed by atoms with Crippen molar-refractivity contribution >= 4 is 40.1 Å². The highest BCUT2D eigenvalue weighted by atomic mass is 32.2. The minimum atomic E-state index is -0.438. The third-order valence-corrected chi connectivity index (χ3v) is 7.37. The number of rotatable bonds is 6. The lowest BCUT2D eigenvalue weighted by Gasteiger charge is -2.26. The van der Waals surface area contributed by atoms with Gasteiger partial charge >= 0.3 is 0 Å². The molecule has 1 aliphatic carbocycles. The number of aliphatic imine (C=N–C) groups is 1. The van der Waals surface area contributed by atoms with E-state index in [1.54, 1.807) is 0 Å². The summed E-state index contributed by atoms with van der Waals surface area (Å²) in [6.07, 6.45) is 6.20. The Hall–Kier alpha value is -2.60. The summed E-state index contributed by atoms with van der Waals surface area (Å²) in [6, 6.07) is 15.7. The van der Waals surface area contributed by atoms with Crippen molar-refractivity contribution in [3.63, 3.8) is 0 Å². The third-order valence-electron chi connectivity index (χ3n) is 6.19. The van der Waals surface area contributed by atoms with Gasteiger partial charge in [0.05, 0.1) is 5.69 Å². The molecule has 1 N–H and O–H groups in total. The number of amidine groups is 1. The fraction of sp³-hybridized carbons (Fsp3) is 0.423. The molecule has 2 aliphatic rings. The predicted octanol–water partition coefficient (Wildman–Crippen LogP) is 5.84. The molecule has 1 aliphatic heterocycles. The number of nitrogens with one attached hydrogen (secondary N) is 1. The van der Waals surface area contributed by atoms with Crippen molar-refractivity contribution in [1.29, 1.82) is 0 Å². The van der Waals surface area contributed by atoms with Gasteiger partial charge in [-0.25, -0.2) is 4.99 Å². The summed E-state index contributed by atoms with van der Waals surface area (Å²) in [4.78, 5) is 32.7. The van der Waals surface area contributed by atoms with E-state index in [-0.39, 0.29) is 18.2 Å². The molecule has 168 valence electrons. The largest absolute Gasteiger partial charge is 0.326 e. The molecule has 2 aromatic rings. The number of aryl methyl sites for hydroxylation is 2. The first-order chi connectivity index (χ1) is 15.5. The molecule has 0 spiro atoms. The van der Waals surface area contributed by atoms with Gasteiger partial charge in [-0.15, -0.1) is 0 Å². The Balaban J connectivity index is 1.49. The molecule has 0 unspecified atom stereocenters. The van der Waals surface area contributed by atoms with Gasteiger partial charge in [0.1, 0.15) is 5.25 Å². The molecule has 0 radical (unpaired) electrons. The molecule has 2 aromatic carbocycles. The molecule has 1 heterocycles. The molecule has 1 atom stereocenters. The number of anilines is 1. The van der Waals surface area contributed by atoms with Gasteiger partial charge in [0.15, 0.2) is 5.17 Å². The first kappa shape index (κ1) is 22.6. The van der Waals surface area contributed by atoms with Crippen LogP contribution in [0.5, 0.6) is 0 Å². The number of thioether (sulfide) groups is 1. The molecule has 0 aromatic heterocycles. The molecule has 5 nitrogen and oxygen atoms in total. The number of carbonyl (C=O) groups excluding carboxylic acids is 2. The Morgan fingerprint density at radius 1 is 1.09 bits per heavy atom. The number of benzene rings is 2. The van der Waals surface area contributed by atoms with Gasteiger partial charge in [-0.05, 0) is 56.4 Å². The van der Waals surface area contributed by atoms with E-state index < -0.39 is 5.25 Å². The third kappa shape index (κ3) is 5.60. The lowest BCUT2D eigenvalue weighted by atomic mass is 9.89. The maximum Gasteiger partial charge on any atom is 0.242 e. The quantitative estimate of drug-likeness (QED) is 0.602. The van der Waals surface area contributed by atoms with Gasteiger partial charge < -0.3 is 5.32 Å². The van der Waals surface area contributed by atoms with Crippen LogP contribution in [0.1, 0.15) is 49.7 Å². The molecule has 1 saturated carbocycles. The van der Waals surface area contributed by atoms with E-state index in [2.05, 4.69) is 5.32 Å². The molecular weight excluding hydrogens is 418 g/mol. The van der Waals surface area contributed by atoms with E-state index in [4.69, 9.17) is 4.99 Å². The molecule has 0 bridgehead atoms. The fourth-order valence-corrected chi connectivity index (χ4v) is 5.62. The van der Waals surface area contributed by atoms with Crippen molar-refractivity contribution in [2.24, 2.45) is 10.9 Å². The summed E-state index contributed by atoms with van der Waals surface area (Å²) < 4.78 is 0. The Bertz CT molecular complexity index is 999. The number of nitrogens with zero attached hydrogens (tertiary/aromatic N) is 2. The monoisotopic (exact) mass is 449 g/mol. The highest BCUT2D eigenvalue weighted by molar-refractivity contribution is 8.15. The minimum absolute atomic E-state index is 0.00559. The number of hydrogen-bond donors (Lipinski definition) is 1. The summed E-state index contributed by atoms with van der Waals surface area (Å²) in [5.41, 5.74) is 3.81. The molecule has 2 fully saturated rings. The van der Waals surface area contributed by atoms with E-state index in [9.17, 15) is 9.59 Å². The van der Waals surface area contributed by atoms with Gasteiger partial charge in [-0.2, -0.15) is 0 Å². The summed E-state index contributed by atoms with van der Waals surface area (Å²) >= 11 is 1.42. The van der Waals surface area contributed by atoms with Crippen LogP contribution in [-0.2, 0) is 9.59 Å². The fourth-order valence-electron chi connectivity index (χ4n) is 4.46. The number of para-hydroxylation sites is 1. The van der Waals surface area contributed by atoms with E-state index in [0.717, 1.165) is 40.5 Å². The second-order valence-corrected chi connectivity index (χ2v) is 10.0. The first-order valence-corrected chi connectivity index (χ1v) is 12.4. The number of amides is 2. The zero-order valence-corrected chi connectivity index (χ0v) is 19.7. The predicted molar refractivity (Wildman–Crippen MR) is 132 cm³/mol. The molecule has 1 saturated heterocycles. The Labute approximate surface area is 194 Å².